The van der Waals surface area contributed by atoms with Crippen molar-refractivity contribution < 1.29 is 0 Å². The van der Waals surface area contributed by atoms with Crippen molar-refractivity contribution in [3.05, 3.63) is 160 Å². The van der Waals surface area contributed by atoms with E-state index >= 15 is 0 Å². The van der Waals surface area contributed by atoms with Crippen molar-refractivity contribution in [2.45, 2.75) is 149 Å². The first kappa shape index (κ1) is 43.4. The normalized spacial score (nSPS) is 19.9. The molecule has 7 aromatic carbocycles. The van der Waals surface area contributed by atoms with Crippen LogP contribution in [0.1, 0.15) is 147 Å². The number of thiophene rings is 1. The molecule has 13 rings (SSSR count). The van der Waals surface area contributed by atoms with E-state index < -0.39 is 0 Å². The van der Waals surface area contributed by atoms with Gasteiger partial charge in [-0.2, -0.15) is 0 Å². The number of fused-ring (bicyclic) bond motifs is 10. The van der Waals surface area contributed by atoms with Gasteiger partial charge in [0, 0.05) is 54.3 Å². The van der Waals surface area contributed by atoms with Crippen LogP contribution in [-0.2, 0) is 32.5 Å². The van der Waals surface area contributed by atoms with Gasteiger partial charge in [0.05, 0.1) is 0 Å². The van der Waals surface area contributed by atoms with Gasteiger partial charge in [-0.1, -0.05) is 144 Å². The first-order valence-electron chi connectivity index (χ1n) is 25.7. The summed E-state index contributed by atoms with van der Waals surface area (Å²) >= 11 is 1.91. The van der Waals surface area contributed by atoms with Crippen molar-refractivity contribution in [2.24, 2.45) is 0 Å². The molecular formula is C65H67BN2S. The lowest BCUT2D eigenvalue weighted by atomic mass is 9.33. The molecule has 0 atom stereocenters. The molecule has 3 aliphatic carbocycles. The summed E-state index contributed by atoms with van der Waals surface area (Å²) in [5, 5.41) is 2.70. The topological polar surface area (TPSA) is 6.48 Å². The van der Waals surface area contributed by atoms with Gasteiger partial charge >= 0.3 is 0 Å². The van der Waals surface area contributed by atoms with E-state index in [9.17, 15) is 0 Å². The van der Waals surface area contributed by atoms with Gasteiger partial charge in [-0.25, -0.2) is 0 Å². The number of aryl methyl sites for hydroxylation is 2. The lowest BCUT2D eigenvalue weighted by molar-refractivity contribution is 0.402. The molecule has 2 aliphatic heterocycles. The molecule has 0 saturated carbocycles. The second-order valence-electron chi connectivity index (χ2n) is 26.1. The Balaban J connectivity index is 1.14. The number of hydrogen-bond donors (Lipinski definition) is 0. The molecule has 4 heteroatoms. The summed E-state index contributed by atoms with van der Waals surface area (Å²) in [7, 11) is 0. The van der Waals surface area contributed by atoms with Gasteiger partial charge in [0.1, 0.15) is 0 Å². The molecule has 346 valence electrons. The standard InChI is InChI=1S/C65H67BN2S/c1-37-26-54-59-55(27-37)68(52-32-47-44(28-38(52)2)61(5,6)35-64(47,11)12)51-25-22-39(41-19-17-21-57-58(41)42-18-15-16-20-56(42)69-57)29-49(51)66(59)50-31-46-48(65(13,14)36-63(46,9)10)33-53(50)67(54)40-23-24-43-45(30-40)62(7,8)34-60(43,3)4/h15-33H,34-36H2,1-14H3. The lowest BCUT2D eigenvalue weighted by Crippen LogP contribution is -2.61. The van der Waals surface area contributed by atoms with Crippen LogP contribution in [0.2, 0.25) is 0 Å². The molecule has 3 heterocycles. The summed E-state index contributed by atoms with van der Waals surface area (Å²) in [6.45, 7) is 34.3. The van der Waals surface area contributed by atoms with Crippen LogP contribution in [0.25, 0.3) is 31.3 Å². The maximum atomic E-state index is 2.70. The molecular weight excluding hydrogens is 852 g/mol. The molecule has 0 radical (unpaired) electrons. The van der Waals surface area contributed by atoms with E-state index in [1.54, 1.807) is 0 Å². The quantitative estimate of drug-likeness (QED) is 0.163. The van der Waals surface area contributed by atoms with Crippen molar-refractivity contribution in [3.63, 3.8) is 0 Å². The van der Waals surface area contributed by atoms with E-state index in [0.717, 1.165) is 19.3 Å². The van der Waals surface area contributed by atoms with Crippen molar-refractivity contribution in [3.8, 4) is 11.1 Å². The molecule has 0 spiro atoms. The Morgan fingerprint density at radius 2 is 0.986 bits per heavy atom. The van der Waals surface area contributed by atoms with E-state index in [1.165, 1.54) is 126 Å². The highest BCUT2D eigenvalue weighted by Crippen LogP contribution is 2.57. The zero-order valence-electron chi connectivity index (χ0n) is 43.5. The van der Waals surface area contributed by atoms with Gasteiger partial charge in [0.2, 0.25) is 0 Å². The van der Waals surface area contributed by atoms with Gasteiger partial charge in [-0.05, 0) is 192 Å². The fourth-order valence-corrected chi connectivity index (χ4v) is 16.9. The Kier molecular flexibility index (Phi) is 8.59. The average molecular weight is 919 g/mol. The third-order valence-electron chi connectivity index (χ3n) is 17.9. The predicted octanol–water partition coefficient (Wildman–Crippen LogP) is 16.3. The number of rotatable bonds is 3. The largest absolute Gasteiger partial charge is 0.311 e. The van der Waals surface area contributed by atoms with Gasteiger partial charge in [0.15, 0.2) is 0 Å². The van der Waals surface area contributed by atoms with Crippen LogP contribution in [0.4, 0.5) is 34.1 Å². The van der Waals surface area contributed by atoms with Gasteiger partial charge < -0.3 is 9.80 Å². The highest BCUT2D eigenvalue weighted by atomic mass is 32.1. The SMILES string of the molecule is Cc1cc2c3c(c1)N(c1cc4c(cc1C)C(C)(C)CC4(C)C)c1ccc(-c4cccc5sc6ccccc6c45)cc1B3c1cc3c(cc1N2c1ccc2c(c1)C(C)(C)CC2(C)C)C(C)(C)CC3(C)C. The summed E-state index contributed by atoms with van der Waals surface area (Å²) in [4.78, 5) is 5.39. The Labute approximate surface area is 415 Å². The molecule has 1 aromatic heterocycles. The van der Waals surface area contributed by atoms with E-state index in [4.69, 9.17) is 0 Å². The minimum Gasteiger partial charge on any atom is -0.311 e. The highest BCUT2D eigenvalue weighted by molar-refractivity contribution is 7.26. The van der Waals surface area contributed by atoms with Crippen LogP contribution < -0.4 is 26.2 Å². The van der Waals surface area contributed by atoms with E-state index in [2.05, 4.69) is 222 Å². The smallest absolute Gasteiger partial charge is 0.252 e. The number of hydrogen-bond acceptors (Lipinski definition) is 3. The molecule has 0 saturated heterocycles. The fraction of sp³-hybridized carbons (Fsp3) is 0.354. The second-order valence-corrected chi connectivity index (χ2v) is 27.2. The van der Waals surface area contributed by atoms with Crippen LogP contribution >= 0.6 is 11.3 Å². The molecule has 0 bridgehead atoms. The zero-order chi connectivity index (χ0) is 48.3. The van der Waals surface area contributed by atoms with E-state index in [1.807, 2.05) is 11.3 Å². The Morgan fingerprint density at radius 1 is 0.435 bits per heavy atom. The number of nitrogens with zero attached hydrogens (tertiary/aromatic N) is 2. The minimum absolute atomic E-state index is 0.0196. The van der Waals surface area contributed by atoms with Crippen molar-refractivity contribution in [1.82, 2.24) is 0 Å². The third-order valence-corrected chi connectivity index (χ3v) is 19.1. The number of benzene rings is 7. The molecule has 0 unspecified atom stereocenters. The maximum absolute atomic E-state index is 2.70. The summed E-state index contributed by atoms with van der Waals surface area (Å²) in [5.74, 6) is 0. The fourth-order valence-electron chi connectivity index (χ4n) is 15.8. The maximum Gasteiger partial charge on any atom is 0.252 e. The summed E-state index contributed by atoms with van der Waals surface area (Å²) in [6, 6.07) is 46.5. The number of anilines is 6. The molecule has 0 N–H and O–H groups in total. The van der Waals surface area contributed by atoms with Crippen molar-refractivity contribution in [2.75, 3.05) is 9.80 Å². The highest BCUT2D eigenvalue weighted by Gasteiger charge is 2.50. The van der Waals surface area contributed by atoms with Gasteiger partial charge in [-0.15, -0.1) is 11.3 Å². The van der Waals surface area contributed by atoms with Crippen LogP contribution in [0.15, 0.2) is 115 Å². The molecule has 69 heavy (non-hydrogen) atoms. The Hall–Kier alpha value is -5.58. The van der Waals surface area contributed by atoms with Crippen LogP contribution in [0.5, 0.6) is 0 Å². The average Bonchev–Trinajstić information content (AvgIpc) is 3.86. The van der Waals surface area contributed by atoms with E-state index in [-0.39, 0.29) is 39.2 Å². The molecule has 0 fully saturated rings. The summed E-state index contributed by atoms with van der Waals surface area (Å²) in [6.07, 6.45) is 3.41. The van der Waals surface area contributed by atoms with Crippen LogP contribution in [-0.4, -0.2) is 6.71 Å². The predicted molar refractivity (Wildman–Crippen MR) is 300 cm³/mol. The van der Waals surface area contributed by atoms with Crippen LogP contribution in [0.3, 0.4) is 0 Å². The monoisotopic (exact) mass is 919 g/mol. The second kappa shape index (κ2) is 13.6. The minimum atomic E-state index is 0.0196. The van der Waals surface area contributed by atoms with Crippen molar-refractivity contribution in [1.29, 1.82) is 0 Å². The molecule has 0 amide bonds. The molecule has 8 aromatic rings. The first-order chi connectivity index (χ1) is 32.5. The van der Waals surface area contributed by atoms with Crippen LogP contribution in [0, 0.1) is 13.8 Å². The third kappa shape index (κ3) is 5.97. The molecule has 2 nitrogen and oxygen atoms in total. The van der Waals surface area contributed by atoms with E-state index in [0.29, 0.717) is 0 Å². The lowest BCUT2D eigenvalue weighted by Gasteiger charge is -2.45. The zero-order valence-corrected chi connectivity index (χ0v) is 44.3. The van der Waals surface area contributed by atoms with Crippen molar-refractivity contribution >= 4 is 88.7 Å². The first-order valence-corrected chi connectivity index (χ1v) is 26.6. The molecule has 5 aliphatic rings. The Morgan fingerprint density at radius 3 is 1.67 bits per heavy atom. The van der Waals surface area contributed by atoms with Gasteiger partial charge in [-0.3, -0.25) is 0 Å². The van der Waals surface area contributed by atoms with Gasteiger partial charge in [0.25, 0.3) is 6.71 Å². The summed E-state index contributed by atoms with van der Waals surface area (Å²) in [5.41, 5.74) is 26.6. The summed E-state index contributed by atoms with van der Waals surface area (Å²) < 4.78 is 2.69. The Bertz CT molecular complexity index is 3590.